The zero-order valence-electron chi connectivity index (χ0n) is 14.3. The number of nitrogens with zero attached hydrogens (tertiary/aromatic N) is 4. The first-order chi connectivity index (χ1) is 12.0. The number of hydrogen-bond donors (Lipinski definition) is 2. The van der Waals surface area contributed by atoms with Crippen molar-refractivity contribution < 1.29 is 9.90 Å². The Hall–Kier alpha value is -3.22. The zero-order chi connectivity index (χ0) is 18.0. The van der Waals surface area contributed by atoms with Gasteiger partial charge in [-0.25, -0.2) is 9.78 Å². The third kappa shape index (κ3) is 3.35. The molecule has 0 atom stereocenters. The second-order valence-corrected chi connectivity index (χ2v) is 5.73. The van der Waals surface area contributed by atoms with Gasteiger partial charge in [-0.1, -0.05) is 18.6 Å². The summed E-state index contributed by atoms with van der Waals surface area (Å²) in [5, 5.41) is 17.2. The van der Waals surface area contributed by atoms with E-state index in [9.17, 15) is 9.90 Å². The van der Waals surface area contributed by atoms with Crippen LogP contribution in [0, 0.1) is 13.8 Å². The van der Waals surface area contributed by atoms with Crippen molar-refractivity contribution in [3.8, 4) is 5.82 Å². The van der Waals surface area contributed by atoms with Crippen molar-refractivity contribution in [3.63, 3.8) is 0 Å². The summed E-state index contributed by atoms with van der Waals surface area (Å²) in [4.78, 5) is 20.2. The molecule has 2 N–H and O–H groups in total. The number of carboxylic acid groups (broad SMARTS) is 1. The van der Waals surface area contributed by atoms with Crippen LogP contribution < -0.4 is 5.32 Å². The molecule has 25 heavy (non-hydrogen) atoms. The van der Waals surface area contributed by atoms with Gasteiger partial charge >= 0.3 is 5.97 Å². The lowest BCUT2D eigenvalue weighted by Crippen LogP contribution is -2.09. The number of rotatable bonds is 5. The molecule has 7 nitrogen and oxygen atoms in total. The highest BCUT2D eigenvalue weighted by molar-refractivity contribution is 5.95. The molecule has 0 radical (unpaired) electrons. The maximum absolute atomic E-state index is 11.5. The molecule has 0 aliphatic heterocycles. The Morgan fingerprint density at radius 2 is 1.96 bits per heavy atom. The van der Waals surface area contributed by atoms with Crippen LogP contribution in [0.3, 0.4) is 0 Å². The van der Waals surface area contributed by atoms with Gasteiger partial charge in [-0.3, -0.25) is 4.98 Å². The molecule has 0 aliphatic rings. The van der Waals surface area contributed by atoms with Gasteiger partial charge in [-0.2, -0.15) is 9.78 Å². The second-order valence-electron chi connectivity index (χ2n) is 5.73. The molecule has 2 heterocycles. The quantitative estimate of drug-likeness (QED) is 0.742. The summed E-state index contributed by atoms with van der Waals surface area (Å²) in [7, 11) is 0. The number of hydrogen-bond acceptors (Lipinski definition) is 5. The molecule has 128 valence electrons. The molecule has 7 heteroatoms. The maximum Gasteiger partial charge on any atom is 0.337 e. The largest absolute Gasteiger partial charge is 0.478 e. The fraction of sp³-hybridized carbons (Fsp3) is 0.222. The van der Waals surface area contributed by atoms with Crippen LogP contribution in [0.2, 0.25) is 0 Å². The molecule has 0 unspecified atom stereocenters. The molecule has 0 fully saturated rings. The summed E-state index contributed by atoms with van der Waals surface area (Å²) in [6, 6.07) is 7.15. The van der Waals surface area contributed by atoms with E-state index in [0.717, 1.165) is 23.4 Å². The monoisotopic (exact) mass is 337 g/mol. The average Bonchev–Trinajstić information content (AvgIpc) is 2.99. The predicted octanol–water partition coefficient (Wildman–Crippen LogP) is 3.28. The van der Waals surface area contributed by atoms with Gasteiger partial charge in [0.25, 0.3) is 0 Å². The van der Waals surface area contributed by atoms with Crippen molar-refractivity contribution in [2.75, 3.05) is 5.32 Å². The third-order valence-corrected chi connectivity index (χ3v) is 3.85. The predicted molar refractivity (Wildman–Crippen MR) is 94.7 cm³/mol. The van der Waals surface area contributed by atoms with Gasteiger partial charge in [0.05, 0.1) is 22.6 Å². The first-order valence-corrected chi connectivity index (χ1v) is 7.97. The fourth-order valence-corrected chi connectivity index (χ4v) is 2.54. The summed E-state index contributed by atoms with van der Waals surface area (Å²) < 4.78 is 1.66. The lowest BCUT2D eigenvalue weighted by atomic mass is 10.1. The molecule has 3 aromatic rings. The number of aromatic carboxylic acids is 1. The number of nitrogens with one attached hydrogen (secondary N) is 1. The van der Waals surface area contributed by atoms with Crippen LogP contribution in [0.15, 0.2) is 36.7 Å². The highest BCUT2D eigenvalue weighted by atomic mass is 16.4. The van der Waals surface area contributed by atoms with Crippen molar-refractivity contribution in [1.29, 1.82) is 0 Å². The molecule has 0 bridgehead atoms. The van der Waals surface area contributed by atoms with Gasteiger partial charge in [0, 0.05) is 18.5 Å². The van der Waals surface area contributed by atoms with E-state index in [-0.39, 0.29) is 5.56 Å². The Labute approximate surface area is 145 Å². The molecule has 3 rings (SSSR count). The van der Waals surface area contributed by atoms with E-state index in [0.29, 0.717) is 17.3 Å². The Bertz CT molecular complexity index is 933. The SMILES string of the molecule is CCc1cc(Nc2ccc(C)cc2C(=O)O)n(-c2nccnc2C)n1. The summed E-state index contributed by atoms with van der Waals surface area (Å²) in [6.07, 6.45) is 3.98. The Kier molecular flexibility index (Phi) is 4.47. The zero-order valence-corrected chi connectivity index (χ0v) is 14.3. The highest BCUT2D eigenvalue weighted by Gasteiger charge is 2.16. The molecular weight excluding hydrogens is 318 g/mol. The lowest BCUT2D eigenvalue weighted by Gasteiger charge is -2.12. The van der Waals surface area contributed by atoms with E-state index in [2.05, 4.69) is 20.4 Å². The number of aryl methyl sites for hydroxylation is 3. The van der Waals surface area contributed by atoms with Crippen molar-refractivity contribution in [1.82, 2.24) is 19.7 Å². The third-order valence-electron chi connectivity index (χ3n) is 3.85. The topological polar surface area (TPSA) is 92.9 Å². The minimum absolute atomic E-state index is 0.210. The molecule has 0 saturated carbocycles. The highest BCUT2D eigenvalue weighted by Crippen LogP contribution is 2.25. The Morgan fingerprint density at radius 1 is 1.20 bits per heavy atom. The van der Waals surface area contributed by atoms with E-state index in [1.807, 2.05) is 32.9 Å². The van der Waals surface area contributed by atoms with Crippen molar-refractivity contribution >= 4 is 17.5 Å². The van der Waals surface area contributed by atoms with Gasteiger partial charge in [-0.15, -0.1) is 0 Å². The van der Waals surface area contributed by atoms with Gasteiger partial charge in [-0.05, 0) is 32.4 Å². The smallest absolute Gasteiger partial charge is 0.337 e. The van der Waals surface area contributed by atoms with E-state index in [1.54, 1.807) is 29.2 Å². The van der Waals surface area contributed by atoms with Crippen molar-refractivity contribution in [2.45, 2.75) is 27.2 Å². The molecule has 0 amide bonds. The average molecular weight is 337 g/mol. The van der Waals surface area contributed by atoms with Crippen LogP contribution in [0.1, 0.15) is 34.2 Å². The van der Waals surface area contributed by atoms with Gasteiger partial charge in [0.2, 0.25) is 0 Å². The van der Waals surface area contributed by atoms with Crippen LogP contribution in [-0.4, -0.2) is 30.8 Å². The van der Waals surface area contributed by atoms with Crippen LogP contribution in [0.4, 0.5) is 11.5 Å². The maximum atomic E-state index is 11.5. The van der Waals surface area contributed by atoms with Crippen LogP contribution in [0.5, 0.6) is 0 Å². The lowest BCUT2D eigenvalue weighted by molar-refractivity contribution is 0.0698. The molecule has 0 aliphatic carbocycles. The van der Waals surface area contributed by atoms with Crippen molar-refractivity contribution in [3.05, 3.63) is 59.2 Å². The first-order valence-electron chi connectivity index (χ1n) is 7.97. The number of anilines is 2. The number of carbonyl (C=O) groups is 1. The minimum atomic E-state index is -0.983. The van der Waals surface area contributed by atoms with E-state index in [1.165, 1.54) is 0 Å². The van der Waals surface area contributed by atoms with Gasteiger partial charge < -0.3 is 10.4 Å². The fourth-order valence-electron chi connectivity index (χ4n) is 2.54. The minimum Gasteiger partial charge on any atom is -0.478 e. The molecule has 2 aromatic heterocycles. The van der Waals surface area contributed by atoms with Gasteiger partial charge in [0.1, 0.15) is 5.82 Å². The molecule has 0 saturated heterocycles. The molecular formula is C18H19N5O2. The van der Waals surface area contributed by atoms with E-state index >= 15 is 0 Å². The summed E-state index contributed by atoms with van der Waals surface area (Å²) in [6.45, 7) is 5.72. The molecule has 0 spiro atoms. The first kappa shape index (κ1) is 16.6. The number of carboxylic acids is 1. The Morgan fingerprint density at radius 3 is 2.64 bits per heavy atom. The summed E-state index contributed by atoms with van der Waals surface area (Å²) >= 11 is 0. The second kappa shape index (κ2) is 6.72. The summed E-state index contributed by atoms with van der Waals surface area (Å²) in [5.41, 5.74) is 3.20. The van der Waals surface area contributed by atoms with Crippen LogP contribution in [-0.2, 0) is 6.42 Å². The number of benzene rings is 1. The molecule has 1 aromatic carbocycles. The van der Waals surface area contributed by atoms with Crippen LogP contribution in [0.25, 0.3) is 5.82 Å². The van der Waals surface area contributed by atoms with Crippen molar-refractivity contribution in [2.24, 2.45) is 0 Å². The van der Waals surface area contributed by atoms with E-state index in [4.69, 9.17) is 0 Å². The Balaban J connectivity index is 2.09. The van der Waals surface area contributed by atoms with Crippen LogP contribution >= 0.6 is 0 Å². The van der Waals surface area contributed by atoms with E-state index < -0.39 is 5.97 Å². The normalized spacial score (nSPS) is 10.7. The summed E-state index contributed by atoms with van der Waals surface area (Å²) in [5.74, 6) is 0.268. The standard InChI is InChI=1S/C18H19N5O2/c1-4-13-10-16(23(22-13)17-12(3)19-7-8-20-17)21-15-6-5-11(2)9-14(15)18(24)25/h5-10,21H,4H2,1-3H3,(H,24,25). The number of aromatic nitrogens is 4. The van der Waals surface area contributed by atoms with Gasteiger partial charge in [0.15, 0.2) is 5.82 Å².